The highest BCUT2D eigenvalue weighted by atomic mass is 32.2. The van der Waals surface area contributed by atoms with Gasteiger partial charge in [-0.2, -0.15) is 0 Å². The molecule has 0 aromatic heterocycles. The van der Waals surface area contributed by atoms with Crippen LogP contribution in [-0.4, -0.2) is 37.2 Å². The lowest BCUT2D eigenvalue weighted by molar-refractivity contribution is 0.103. The minimum absolute atomic E-state index is 0.0989. The molecular formula is C15H25NO2S. The van der Waals surface area contributed by atoms with Gasteiger partial charge in [0.25, 0.3) is 0 Å². The van der Waals surface area contributed by atoms with Crippen LogP contribution in [0.25, 0.3) is 0 Å². The summed E-state index contributed by atoms with van der Waals surface area (Å²) < 4.78 is 5.24. The number of hydrogen-bond donors (Lipinski definition) is 2. The van der Waals surface area contributed by atoms with Crippen molar-refractivity contribution < 1.29 is 9.84 Å². The van der Waals surface area contributed by atoms with E-state index in [1.54, 1.807) is 11.8 Å². The van der Waals surface area contributed by atoms with E-state index in [0.717, 1.165) is 18.8 Å². The van der Waals surface area contributed by atoms with Crippen LogP contribution in [0.5, 0.6) is 0 Å². The van der Waals surface area contributed by atoms with Gasteiger partial charge < -0.3 is 15.2 Å². The molecule has 0 radical (unpaired) electrons. The van der Waals surface area contributed by atoms with Crippen molar-refractivity contribution in [2.75, 3.05) is 32.1 Å². The van der Waals surface area contributed by atoms with Crippen LogP contribution in [0.2, 0.25) is 0 Å². The Kier molecular flexibility index (Phi) is 8.91. The summed E-state index contributed by atoms with van der Waals surface area (Å²) in [6.07, 6.45) is 0. The lowest BCUT2D eigenvalue weighted by atomic mass is 10.2. The third kappa shape index (κ3) is 8.26. The number of nitrogens with one attached hydrogen (secondary N) is 1. The predicted molar refractivity (Wildman–Crippen MR) is 81.6 cm³/mol. The molecule has 0 amide bonds. The lowest BCUT2D eigenvalue weighted by Gasteiger charge is -2.09. The minimum Gasteiger partial charge on any atom is -0.394 e. The third-order valence-electron chi connectivity index (χ3n) is 2.51. The smallest absolute Gasteiger partial charge is 0.0698 e. The molecular weight excluding hydrogens is 258 g/mol. The van der Waals surface area contributed by atoms with Gasteiger partial charge in [-0.05, 0) is 30.2 Å². The summed E-state index contributed by atoms with van der Waals surface area (Å²) in [4.78, 5) is 1.27. The zero-order valence-electron chi connectivity index (χ0n) is 11.9. The maximum Gasteiger partial charge on any atom is 0.0698 e. The highest BCUT2D eigenvalue weighted by Gasteiger charge is 1.98. The second-order valence-electron chi connectivity index (χ2n) is 4.86. The van der Waals surface area contributed by atoms with Crippen LogP contribution >= 0.6 is 11.8 Å². The molecule has 1 aromatic rings. The molecule has 0 spiro atoms. The quantitative estimate of drug-likeness (QED) is 0.511. The van der Waals surface area contributed by atoms with Crippen molar-refractivity contribution in [2.45, 2.75) is 25.3 Å². The molecule has 1 aromatic carbocycles. The number of aliphatic hydroxyl groups excluding tert-OH is 1. The molecule has 19 heavy (non-hydrogen) atoms. The minimum atomic E-state index is 0.0989. The Morgan fingerprint density at radius 3 is 2.89 bits per heavy atom. The molecule has 0 saturated carbocycles. The fourth-order valence-corrected chi connectivity index (χ4v) is 2.48. The zero-order valence-corrected chi connectivity index (χ0v) is 12.7. The Morgan fingerprint density at radius 2 is 2.16 bits per heavy atom. The van der Waals surface area contributed by atoms with E-state index in [2.05, 4.69) is 43.4 Å². The Hall–Kier alpha value is -0.550. The van der Waals surface area contributed by atoms with Gasteiger partial charge in [0.2, 0.25) is 0 Å². The van der Waals surface area contributed by atoms with Crippen LogP contribution in [0.1, 0.15) is 19.4 Å². The third-order valence-corrected chi connectivity index (χ3v) is 3.47. The number of benzene rings is 1. The van der Waals surface area contributed by atoms with Gasteiger partial charge in [0.05, 0.1) is 19.8 Å². The molecule has 0 aliphatic rings. The second kappa shape index (κ2) is 10.3. The van der Waals surface area contributed by atoms with Crippen molar-refractivity contribution in [1.82, 2.24) is 5.32 Å². The highest BCUT2D eigenvalue weighted by Crippen LogP contribution is 2.18. The Labute approximate surface area is 120 Å². The Bertz CT molecular complexity index is 345. The fraction of sp³-hybridized carbons (Fsp3) is 0.600. The Morgan fingerprint density at radius 1 is 1.32 bits per heavy atom. The van der Waals surface area contributed by atoms with Gasteiger partial charge in [-0.15, -0.1) is 11.8 Å². The average Bonchev–Trinajstić information content (AvgIpc) is 2.39. The average molecular weight is 283 g/mol. The first kappa shape index (κ1) is 16.5. The maximum atomic E-state index is 8.60. The van der Waals surface area contributed by atoms with E-state index in [1.165, 1.54) is 10.5 Å². The van der Waals surface area contributed by atoms with Crippen LogP contribution in [0.3, 0.4) is 0 Å². The van der Waals surface area contributed by atoms with Crippen LogP contribution < -0.4 is 5.32 Å². The summed E-state index contributed by atoms with van der Waals surface area (Å²) in [5, 5.41) is 12.1. The summed E-state index contributed by atoms with van der Waals surface area (Å²) in [5.41, 5.74) is 1.32. The van der Waals surface area contributed by atoms with E-state index in [1.807, 2.05) is 0 Å². The highest BCUT2D eigenvalue weighted by molar-refractivity contribution is 7.99. The molecule has 0 fully saturated rings. The van der Waals surface area contributed by atoms with Crippen LogP contribution in [-0.2, 0) is 11.3 Å². The molecule has 1 rings (SSSR count). The van der Waals surface area contributed by atoms with E-state index < -0.39 is 0 Å². The van der Waals surface area contributed by atoms with Crippen molar-refractivity contribution in [3.8, 4) is 0 Å². The summed E-state index contributed by atoms with van der Waals surface area (Å²) >= 11 is 1.79. The fourth-order valence-electron chi connectivity index (χ4n) is 1.64. The molecule has 3 nitrogen and oxygen atoms in total. The van der Waals surface area contributed by atoms with E-state index in [9.17, 15) is 0 Å². The number of rotatable bonds is 10. The van der Waals surface area contributed by atoms with Gasteiger partial charge in [0.1, 0.15) is 0 Å². The van der Waals surface area contributed by atoms with Gasteiger partial charge in [-0.25, -0.2) is 0 Å². The standard InChI is InChI=1S/C15H25NO2S/c1-13(2)11-16-12-14-4-3-5-15(10-14)19-9-8-18-7-6-17/h3-5,10,13,16-17H,6-9,11-12H2,1-2H3. The first-order valence-corrected chi connectivity index (χ1v) is 7.82. The van der Waals surface area contributed by atoms with Gasteiger partial charge in [-0.3, -0.25) is 0 Å². The normalized spacial score (nSPS) is 11.2. The molecule has 2 N–H and O–H groups in total. The van der Waals surface area contributed by atoms with Gasteiger partial charge in [-0.1, -0.05) is 26.0 Å². The molecule has 0 saturated heterocycles. The number of aliphatic hydroxyl groups is 1. The Balaban J connectivity index is 2.27. The van der Waals surface area contributed by atoms with Crippen LogP contribution in [0.15, 0.2) is 29.2 Å². The van der Waals surface area contributed by atoms with E-state index in [0.29, 0.717) is 19.1 Å². The van der Waals surface area contributed by atoms with Crippen molar-refractivity contribution in [1.29, 1.82) is 0 Å². The van der Waals surface area contributed by atoms with Crippen molar-refractivity contribution in [2.24, 2.45) is 5.92 Å². The SMILES string of the molecule is CC(C)CNCc1cccc(SCCOCCO)c1. The molecule has 4 heteroatoms. The van der Waals surface area contributed by atoms with Crippen LogP contribution in [0, 0.1) is 5.92 Å². The maximum absolute atomic E-state index is 8.60. The van der Waals surface area contributed by atoms with E-state index >= 15 is 0 Å². The van der Waals surface area contributed by atoms with Gasteiger partial charge in [0.15, 0.2) is 0 Å². The molecule has 108 valence electrons. The van der Waals surface area contributed by atoms with Crippen LogP contribution in [0.4, 0.5) is 0 Å². The van der Waals surface area contributed by atoms with Crippen molar-refractivity contribution >= 4 is 11.8 Å². The van der Waals surface area contributed by atoms with E-state index in [-0.39, 0.29) is 6.61 Å². The van der Waals surface area contributed by atoms with Crippen molar-refractivity contribution in [3.05, 3.63) is 29.8 Å². The summed E-state index contributed by atoms with van der Waals surface area (Å²) in [5.74, 6) is 1.60. The molecule has 0 aliphatic heterocycles. The van der Waals surface area contributed by atoms with Gasteiger partial charge >= 0.3 is 0 Å². The zero-order chi connectivity index (χ0) is 13.9. The largest absolute Gasteiger partial charge is 0.394 e. The monoisotopic (exact) mass is 283 g/mol. The topological polar surface area (TPSA) is 41.5 Å². The molecule has 0 heterocycles. The molecule has 0 bridgehead atoms. The molecule has 0 unspecified atom stereocenters. The first-order chi connectivity index (χ1) is 9.22. The number of thioether (sulfide) groups is 1. The molecule has 0 aliphatic carbocycles. The lowest BCUT2D eigenvalue weighted by Crippen LogP contribution is -2.18. The molecule has 0 atom stereocenters. The second-order valence-corrected chi connectivity index (χ2v) is 6.02. The number of ether oxygens (including phenoxy) is 1. The summed E-state index contributed by atoms with van der Waals surface area (Å²) in [6, 6.07) is 8.61. The van der Waals surface area contributed by atoms with Crippen molar-refractivity contribution in [3.63, 3.8) is 0 Å². The van der Waals surface area contributed by atoms with E-state index in [4.69, 9.17) is 9.84 Å². The predicted octanol–water partition coefficient (Wildman–Crippen LogP) is 2.53. The van der Waals surface area contributed by atoms with Gasteiger partial charge in [0, 0.05) is 17.2 Å². The summed E-state index contributed by atoms with van der Waals surface area (Å²) in [7, 11) is 0. The number of hydrogen-bond acceptors (Lipinski definition) is 4. The first-order valence-electron chi connectivity index (χ1n) is 6.83. The summed E-state index contributed by atoms with van der Waals surface area (Å²) in [6.45, 7) is 7.61.